The van der Waals surface area contributed by atoms with E-state index in [2.05, 4.69) is 36.8 Å². The van der Waals surface area contributed by atoms with Crippen LogP contribution >= 0.6 is 0 Å². The fraction of sp³-hybridized carbons (Fsp3) is 0.643. The molecule has 0 aliphatic carbocycles. The standard InChI is InChI=1S/C14H25N3/c1-4-6-7-10-17(3)12-8-9-14(16-11-12)13(15)5-2/h8-9,11,13H,4-7,10,15H2,1-3H3/t13-/m0/s1. The van der Waals surface area contributed by atoms with Gasteiger partial charge in [0.05, 0.1) is 17.6 Å². The van der Waals surface area contributed by atoms with Gasteiger partial charge in [-0.05, 0) is 25.0 Å². The van der Waals surface area contributed by atoms with Crippen LogP contribution in [-0.2, 0) is 0 Å². The summed E-state index contributed by atoms with van der Waals surface area (Å²) in [6, 6.07) is 4.22. The molecule has 1 atom stereocenters. The predicted octanol–water partition coefficient (Wildman–Crippen LogP) is 3.12. The molecule has 2 N–H and O–H groups in total. The molecule has 0 fully saturated rings. The van der Waals surface area contributed by atoms with Crippen LogP contribution in [0.3, 0.4) is 0 Å². The van der Waals surface area contributed by atoms with Gasteiger partial charge in [-0.3, -0.25) is 4.98 Å². The first-order valence-corrected chi connectivity index (χ1v) is 6.61. The van der Waals surface area contributed by atoms with Crippen molar-refractivity contribution in [2.45, 2.75) is 45.6 Å². The highest BCUT2D eigenvalue weighted by molar-refractivity contribution is 5.43. The smallest absolute Gasteiger partial charge is 0.0572 e. The largest absolute Gasteiger partial charge is 0.373 e. The molecule has 0 amide bonds. The lowest BCUT2D eigenvalue weighted by Gasteiger charge is -2.19. The number of pyridine rings is 1. The summed E-state index contributed by atoms with van der Waals surface area (Å²) in [5.41, 5.74) is 8.10. The minimum absolute atomic E-state index is 0.0643. The van der Waals surface area contributed by atoms with Gasteiger partial charge < -0.3 is 10.6 Å². The molecule has 0 bridgehead atoms. The van der Waals surface area contributed by atoms with Gasteiger partial charge in [0.2, 0.25) is 0 Å². The van der Waals surface area contributed by atoms with Crippen LogP contribution in [0, 0.1) is 0 Å². The molecule has 0 saturated heterocycles. The number of hydrogen-bond donors (Lipinski definition) is 1. The summed E-state index contributed by atoms with van der Waals surface area (Å²) in [6.45, 7) is 5.40. The Balaban J connectivity index is 2.54. The summed E-state index contributed by atoms with van der Waals surface area (Å²) in [7, 11) is 2.12. The topological polar surface area (TPSA) is 42.1 Å². The van der Waals surface area contributed by atoms with Crippen LogP contribution in [0.1, 0.15) is 51.3 Å². The summed E-state index contributed by atoms with van der Waals surface area (Å²) in [5, 5.41) is 0. The number of nitrogens with zero attached hydrogens (tertiary/aromatic N) is 2. The van der Waals surface area contributed by atoms with E-state index in [0.29, 0.717) is 0 Å². The van der Waals surface area contributed by atoms with E-state index in [1.807, 2.05) is 12.3 Å². The predicted molar refractivity (Wildman–Crippen MR) is 74.3 cm³/mol. The maximum Gasteiger partial charge on any atom is 0.0572 e. The second kappa shape index (κ2) is 7.28. The van der Waals surface area contributed by atoms with Crippen molar-refractivity contribution in [1.82, 2.24) is 4.98 Å². The highest BCUT2D eigenvalue weighted by Crippen LogP contribution is 2.16. The molecule has 1 heterocycles. The average Bonchev–Trinajstić information content (AvgIpc) is 2.38. The fourth-order valence-electron chi connectivity index (χ4n) is 1.78. The molecule has 3 nitrogen and oxygen atoms in total. The molecule has 0 radical (unpaired) electrons. The second-order valence-electron chi connectivity index (χ2n) is 4.58. The zero-order valence-electron chi connectivity index (χ0n) is 11.3. The molecule has 0 spiro atoms. The third kappa shape index (κ3) is 4.35. The lowest BCUT2D eigenvalue weighted by Crippen LogP contribution is -2.19. The van der Waals surface area contributed by atoms with Crippen molar-refractivity contribution in [1.29, 1.82) is 0 Å². The minimum Gasteiger partial charge on any atom is -0.373 e. The Labute approximate surface area is 105 Å². The van der Waals surface area contributed by atoms with Gasteiger partial charge in [0.25, 0.3) is 0 Å². The van der Waals surface area contributed by atoms with Crippen molar-refractivity contribution < 1.29 is 0 Å². The van der Waals surface area contributed by atoms with E-state index in [-0.39, 0.29) is 6.04 Å². The van der Waals surface area contributed by atoms with E-state index < -0.39 is 0 Å². The van der Waals surface area contributed by atoms with E-state index in [0.717, 1.165) is 18.7 Å². The van der Waals surface area contributed by atoms with Gasteiger partial charge in [0, 0.05) is 19.6 Å². The number of hydrogen-bond acceptors (Lipinski definition) is 3. The number of aromatic nitrogens is 1. The third-order valence-electron chi connectivity index (χ3n) is 3.13. The first kappa shape index (κ1) is 14.0. The van der Waals surface area contributed by atoms with Crippen LogP contribution in [0.2, 0.25) is 0 Å². The number of rotatable bonds is 7. The highest BCUT2D eigenvalue weighted by Gasteiger charge is 2.06. The summed E-state index contributed by atoms with van der Waals surface area (Å²) in [6.07, 6.45) is 6.64. The Morgan fingerprint density at radius 3 is 2.59 bits per heavy atom. The van der Waals surface area contributed by atoms with Crippen molar-refractivity contribution in [3.63, 3.8) is 0 Å². The molecule has 0 aliphatic heterocycles. The van der Waals surface area contributed by atoms with Gasteiger partial charge in [0.1, 0.15) is 0 Å². The molecule has 1 aromatic rings. The van der Waals surface area contributed by atoms with Crippen LogP contribution in [0.5, 0.6) is 0 Å². The quantitative estimate of drug-likeness (QED) is 0.738. The van der Waals surface area contributed by atoms with E-state index in [9.17, 15) is 0 Å². The number of unbranched alkanes of at least 4 members (excludes halogenated alkanes) is 2. The molecular formula is C14H25N3. The minimum atomic E-state index is 0.0643. The molecule has 0 aliphatic rings. The molecule has 1 aromatic heterocycles. The maximum atomic E-state index is 5.94. The molecule has 96 valence electrons. The Hall–Kier alpha value is -1.09. The van der Waals surface area contributed by atoms with Gasteiger partial charge in [0.15, 0.2) is 0 Å². The summed E-state index contributed by atoms with van der Waals surface area (Å²) in [4.78, 5) is 6.69. The summed E-state index contributed by atoms with van der Waals surface area (Å²) < 4.78 is 0. The van der Waals surface area contributed by atoms with Gasteiger partial charge in [-0.25, -0.2) is 0 Å². The fourth-order valence-corrected chi connectivity index (χ4v) is 1.78. The Morgan fingerprint density at radius 1 is 1.29 bits per heavy atom. The molecule has 0 unspecified atom stereocenters. The SMILES string of the molecule is CCCCCN(C)c1ccc([C@@H](N)CC)nc1. The highest BCUT2D eigenvalue weighted by atomic mass is 15.1. The zero-order valence-corrected chi connectivity index (χ0v) is 11.3. The van der Waals surface area contributed by atoms with Crippen molar-refractivity contribution in [2.24, 2.45) is 5.73 Å². The van der Waals surface area contributed by atoms with Gasteiger partial charge >= 0.3 is 0 Å². The van der Waals surface area contributed by atoms with Gasteiger partial charge in [-0.1, -0.05) is 26.7 Å². The monoisotopic (exact) mass is 235 g/mol. The lowest BCUT2D eigenvalue weighted by molar-refractivity contribution is 0.673. The van der Waals surface area contributed by atoms with Crippen molar-refractivity contribution in [3.8, 4) is 0 Å². The van der Waals surface area contributed by atoms with Crippen molar-refractivity contribution >= 4 is 5.69 Å². The zero-order chi connectivity index (χ0) is 12.7. The summed E-state index contributed by atoms with van der Waals surface area (Å²) >= 11 is 0. The molecule has 3 heteroatoms. The van der Waals surface area contributed by atoms with Crippen LogP contribution < -0.4 is 10.6 Å². The lowest BCUT2D eigenvalue weighted by atomic mass is 10.1. The molecule has 1 rings (SSSR count). The Kier molecular flexibility index (Phi) is 5.98. The van der Waals surface area contributed by atoms with E-state index in [1.165, 1.54) is 24.9 Å². The first-order chi connectivity index (χ1) is 8.19. The molecule has 0 aromatic carbocycles. The normalized spacial score (nSPS) is 12.5. The van der Waals surface area contributed by atoms with Crippen LogP contribution in [0.4, 0.5) is 5.69 Å². The Bertz CT molecular complexity index is 308. The maximum absolute atomic E-state index is 5.94. The Morgan fingerprint density at radius 2 is 2.06 bits per heavy atom. The van der Waals surface area contributed by atoms with Crippen molar-refractivity contribution in [3.05, 3.63) is 24.0 Å². The van der Waals surface area contributed by atoms with E-state index in [1.54, 1.807) is 0 Å². The second-order valence-corrected chi connectivity index (χ2v) is 4.58. The van der Waals surface area contributed by atoms with Crippen LogP contribution in [0.15, 0.2) is 18.3 Å². The average molecular weight is 235 g/mol. The van der Waals surface area contributed by atoms with Gasteiger partial charge in [-0.2, -0.15) is 0 Å². The van der Waals surface area contributed by atoms with Crippen LogP contribution in [-0.4, -0.2) is 18.6 Å². The molecular weight excluding hydrogens is 210 g/mol. The number of anilines is 1. The van der Waals surface area contributed by atoms with Gasteiger partial charge in [-0.15, -0.1) is 0 Å². The first-order valence-electron chi connectivity index (χ1n) is 6.61. The third-order valence-corrected chi connectivity index (χ3v) is 3.13. The summed E-state index contributed by atoms with van der Waals surface area (Å²) in [5.74, 6) is 0. The van der Waals surface area contributed by atoms with E-state index in [4.69, 9.17) is 5.73 Å². The molecule has 0 saturated carbocycles. The van der Waals surface area contributed by atoms with Crippen molar-refractivity contribution in [2.75, 3.05) is 18.5 Å². The van der Waals surface area contributed by atoms with E-state index >= 15 is 0 Å². The molecule has 17 heavy (non-hydrogen) atoms. The van der Waals surface area contributed by atoms with Crippen LogP contribution in [0.25, 0.3) is 0 Å². The number of nitrogens with two attached hydrogens (primary N) is 1.